The van der Waals surface area contributed by atoms with Crippen molar-refractivity contribution in [3.8, 4) is 5.75 Å². The maximum atomic E-state index is 9.74. The molecule has 1 aromatic carbocycles. The second kappa shape index (κ2) is 3.86. The van der Waals surface area contributed by atoms with Gasteiger partial charge in [0.15, 0.2) is 0 Å². The number of hydrogen-bond acceptors (Lipinski definition) is 2. The second-order valence-electron chi connectivity index (χ2n) is 4.88. The lowest BCUT2D eigenvalue weighted by Gasteiger charge is -2.21. The van der Waals surface area contributed by atoms with E-state index in [-0.39, 0.29) is 0 Å². The summed E-state index contributed by atoms with van der Waals surface area (Å²) >= 11 is 0. The van der Waals surface area contributed by atoms with E-state index in [0.717, 1.165) is 25.2 Å². The van der Waals surface area contributed by atoms with Crippen LogP contribution >= 0.6 is 0 Å². The normalized spacial score (nSPS) is 15.7. The highest BCUT2D eigenvalue weighted by Crippen LogP contribution is 2.26. The number of rotatable bonds is 2. The third-order valence-electron chi connectivity index (χ3n) is 2.61. The van der Waals surface area contributed by atoms with Gasteiger partial charge in [0.2, 0.25) is 0 Å². The Hall–Kier alpha value is -1.02. The lowest BCUT2D eigenvalue weighted by Crippen LogP contribution is -2.22. The van der Waals surface area contributed by atoms with E-state index >= 15 is 0 Å². The minimum atomic E-state index is -0.635. The van der Waals surface area contributed by atoms with Crippen LogP contribution in [0.15, 0.2) is 18.2 Å². The molecular formula is C13H18O2. The first kappa shape index (κ1) is 10.5. The fourth-order valence-electron chi connectivity index (χ4n) is 2.02. The van der Waals surface area contributed by atoms with Gasteiger partial charge in [0.25, 0.3) is 0 Å². The van der Waals surface area contributed by atoms with Crippen molar-refractivity contribution < 1.29 is 9.84 Å². The highest BCUT2D eigenvalue weighted by molar-refractivity contribution is 5.38. The Balaban J connectivity index is 2.21. The summed E-state index contributed by atoms with van der Waals surface area (Å²) in [6.45, 7) is 4.50. The maximum Gasteiger partial charge on any atom is 0.122 e. The molecule has 0 saturated heterocycles. The average molecular weight is 206 g/mol. The second-order valence-corrected chi connectivity index (χ2v) is 4.88. The quantitative estimate of drug-likeness (QED) is 0.804. The Kier molecular flexibility index (Phi) is 2.70. The fraction of sp³-hybridized carbons (Fsp3) is 0.538. The van der Waals surface area contributed by atoms with E-state index in [4.69, 9.17) is 4.74 Å². The van der Waals surface area contributed by atoms with Gasteiger partial charge in [-0.3, -0.25) is 0 Å². The Morgan fingerprint density at radius 3 is 2.93 bits per heavy atom. The zero-order valence-corrected chi connectivity index (χ0v) is 9.42. The van der Waals surface area contributed by atoms with Gasteiger partial charge in [-0.1, -0.05) is 12.1 Å². The van der Waals surface area contributed by atoms with Crippen molar-refractivity contribution in [1.29, 1.82) is 0 Å². The number of ether oxygens (including phenoxy) is 1. The van der Waals surface area contributed by atoms with Crippen molar-refractivity contribution in [2.45, 2.75) is 38.7 Å². The SMILES string of the molecule is CC(C)(O)Cc1ccc2c(c1)CCCO2. The summed E-state index contributed by atoms with van der Waals surface area (Å²) in [5, 5.41) is 9.74. The van der Waals surface area contributed by atoms with E-state index in [1.54, 1.807) is 0 Å². The van der Waals surface area contributed by atoms with Crippen molar-refractivity contribution >= 4 is 0 Å². The molecule has 0 amide bonds. The van der Waals surface area contributed by atoms with Crippen LogP contribution in [0.2, 0.25) is 0 Å². The molecule has 2 rings (SSSR count). The first-order valence-electron chi connectivity index (χ1n) is 5.52. The van der Waals surface area contributed by atoms with Crippen LogP contribution in [0.3, 0.4) is 0 Å². The highest BCUT2D eigenvalue weighted by atomic mass is 16.5. The van der Waals surface area contributed by atoms with Gasteiger partial charge in [0, 0.05) is 6.42 Å². The van der Waals surface area contributed by atoms with Crippen molar-refractivity contribution in [1.82, 2.24) is 0 Å². The van der Waals surface area contributed by atoms with Gasteiger partial charge in [0.1, 0.15) is 5.75 Å². The first-order chi connectivity index (χ1) is 7.04. The molecule has 0 saturated carbocycles. The number of hydrogen-bond donors (Lipinski definition) is 1. The third-order valence-corrected chi connectivity index (χ3v) is 2.61. The third kappa shape index (κ3) is 2.72. The minimum Gasteiger partial charge on any atom is -0.493 e. The number of fused-ring (bicyclic) bond motifs is 1. The predicted molar refractivity (Wildman–Crippen MR) is 60.3 cm³/mol. The van der Waals surface area contributed by atoms with E-state index in [0.29, 0.717) is 6.42 Å². The molecule has 1 N–H and O–H groups in total. The van der Waals surface area contributed by atoms with Crippen LogP contribution in [0.4, 0.5) is 0 Å². The van der Waals surface area contributed by atoms with E-state index in [9.17, 15) is 5.11 Å². The molecule has 0 aromatic heterocycles. The molecule has 1 aliphatic rings. The summed E-state index contributed by atoms with van der Waals surface area (Å²) in [5.41, 5.74) is 1.83. The van der Waals surface area contributed by atoms with Gasteiger partial charge in [-0.25, -0.2) is 0 Å². The van der Waals surface area contributed by atoms with E-state index in [1.165, 1.54) is 11.1 Å². The van der Waals surface area contributed by atoms with Crippen LogP contribution in [0, 0.1) is 0 Å². The van der Waals surface area contributed by atoms with Gasteiger partial charge in [-0.05, 0) is 43.9 Å². The van der Waals surface area contributed by atoms with Crippen LogP contribution in [-0.4, -0.2) is 17.3 Å². The molecule has 0 fully saturated rings. The molecule has 1 heterocycles. The fourth-order valence-corrected chi connectivity index (χ4v) is 2.02. The highest BCUT2D eigenvalue weighted by Gasteiger charge is 2.16. The molecule has 1 aromatic rings. The molecule has 0 unspecified atom stereocenters. The van der Waals surface area contributed by atoms with E-state index in [2.05, 4.69) is 6.07 Å². The summed E-state index contributed by atoms with van der Waals surface area (Å²) in [7, 11) is 0. The summed E-state index contributed by atoms with van der Waals surface area (Å²) < 4.78 is 5.55. The summed E-state index contributed by atoms with van der Waals surface area (Å²) in [6.07, 6.45) is 2.88. The molecule has 1 aliphatic heterocycles. The van der Waals surface area contributed by atoms with Crippen LogP contribution in [-0.2, 0) is 12.8 Å². The summed E-state index contributed by atoms with van der Waals surface area (Å²) in [4.78, 5) is 0. The first-order valence-corrected chi connectivity index (χ1v) is 5.52. The number of aliphatic hydroxyl groups is 1. The Morgan fingerprint density at radius 1 is 1.40 bits per heavy atom. The van der Waals surface area contributed by atoms with Crippen molar-refractivity contribution in [2.24, 2.45) is 0 Å². The molecule has 0 atom stereocenters. The molecule has 0 radical (unpaired) electrons. The summed E-state index contributed by atoms with van der Waals surface area (Å²) in [6, 6.07) is 6.23. The topological polar surface area (TPSA) is 29.5 Å². The van der Waals surface area contributed by atoms with Gasteiger partial charge < -0.3 is 9.84 Å². The molecule has 0 bridgehead atoms. The zero-order valence-electron chi connectivity index (χ0n) is 9.42. The standard InChI is InChI=1S/C13H18O2/c1-13(2,14)9-10-5-6-12-11(8-10)4-3-7-15-12/h5-6,8,14H,3-4,7,9H2,1-2H3. The van der Waals surface area contributed by atoms with Gasteiger partial charge >= 0.3 is 0 Å². The zero-order chi connectivity index (χ0) is 10.9. The molecule has 0 spiro atoms. The monoisotopic (exact) mass is 206 g/mol. The predicted octanol–water partition coefficient (Wildman–Crippen LogP) is 2.33. The van der Waals surface area contributed by atoms with Gasteiger partial charge in [0.05, 0.1) is 12.2 Å². The number of benzene rings is 1. The van der Waals surface area contributed by atoms with Crippen molar-refractivity contribution in [3.63, 3.8) is 0 Å². The molecule has 15 heavy (non-hydrogen) atoms. The molecule has 82 valence electrons. The van der Waals surface area contributed by atoms with Crippen LogP contribution in [0.25, 0.3) is 0 Å². The summed E-state index contributed by atoms with van der Waals surface area (Å²) in [5.74, 6) is 1.01. The Morgan fingerprint density at radius 2 is 2.20 bits per heavy atom. The largest absolute Gasteiger partial charge is 0.493 e. The molecule has 2 nitrogen and oxygen atoms in total. The van der Waals surface area contributed by atoms with E-state index in [1.807, 2.05) is 26.0 Å². The molecular weight excluding hydrogens is 188 g/mol. The smallest absolute Gasteiger partial charge is 0.122 e. The lowest BCUT2D eigenvalue weighted by molar-refractivity contribution is 0.0809. The van der Waals surface area contributed by atoms with E-state index < -0.39 is 5.60 Å². The van der Waals surface area contributed by atoms with Gasteiger partial charge in [-0.2, -0.15) is 0 Å². The van der Waals surface area contributed by atoms with Crippen LogP contribution in [0.1, 0.15) is 31.4 Å². The van der Waals surface area contributed by atoms with Crippen molar-refractivity contribution in [3.05, 3.63) is 29.3 Å². The Labute approximate surface area is 90.9 Å². The van der Waals surface area contributed by atoms with Gasteiger partial charge in [-0.15, -0.1) is 0 Å². The lowest BCUT2D eigenvalue weighted by atomic mass is 9.95. The van der Waals surface area contributed by atoms with Crippen molar-refractivity contribution in [2.75, 3.05) is 6.61 Å². The van der Waals surface area contributed by atoms with Crippen LogP contribution < -0.4 is 4.74 Å². The van der Waals surface area contributed by atoms with Crippen LogP contribution in [0.5, 0.6) is 5.75 Å². The molecule has 2 heteroatoms. The number of aryl methyl sites for hydroxylation is 1. The average Bonchev–Trinajstić information content (AvgIpc) is 2.15. The molecule has 0 aliphatic carbocycles. The minimum absolute atomic E-state index is 0.635. The Bertz CT molecular complexity index is 350. The maximum absolute atomic E-state index is 9.74.